The van der Waals surface area contributed by atoms with Gasteiger partial charge in [0.1, 0.15) is 5.82 Å². The third kappa shape index (κ3) is 6.21. The van der Waals surface area contributed by atoms with Crippen molar-refractivity contribution in [2.24, 2.45) is 0 Å². The number of amides is 2. The Labute approximate surface area is 195 Å². The Hall–Kier alpha value is -3.15. The number of nitrogens with zero attached hydrogens (tertiary/aromatic N) is 2. The number of carbonyl (C=O) groups is 2. The third-order valence-electron chi connectivity index (χ3n) is 4.70. The number of halogens is 1. The predicted octanol–water partition coefficient (Wildman–Crippen LogP) is 2.80. The first-order chi connectivity index (χ1) is 15.6. The van der Waals surface area contributed by atoms with E-state index in [4.69, 9.17) is 0 Å². The average molecular weight is 491 g/mol. The standard InChI is InChI=1S/C22H23FN4O4S2/c1-14-19(11-15-7-9-17(23)10-8-15)32-22(25-14)26-20(28)13-24-21(29)16-5-4-6-18(12-16)33(30,31)27(2)3/h4-10,12H,11,13H2,1-3H3,(H,24,29)(H,25,26,28). The molecule has 3 rings (SSSR count). The molecule has 2 N–H and O–H groups in total. The topological polar surface area (TPSA) is 108 Å². The van der Waals surface area contributed by atoms with Crippen molar-refractivity contribution in [3.05, 3.63) is 76.0 Å². The summed E-state index contributed by atoms with van der Waals surface area (Å²) in [6.45, 7) is 1.51. The van der Waals surface area contributed by atoms with E-state index in [0.717, 1.165) is 20.4 Å². The van der Waals surface area contributed by atoms with E-state index in [1.54, 1.807) is 12.1 Å². The molecule has 174 valence electrons. The second-order valence-electron chi connectivity index (χ2n) is 7.38. The number of rotatable bonds is 8. The summed E-state index contributed by atoms with van der Waals surface area (Å²) < 4.78 is 38.6. The number of nitrogens with one attached hydrogen (secondary N) is 2. The molecule has 8 nitrogen and oxygen atoms in total. The molecule has 1 heterocycles. The minimum absolute atomic E-state index is 0.0171. The molecule has 0 aliphatic rings. The van der Waals surface area contributed by atoms with Crippen LogP contribution >= 0.6 is 11.3 Å². The van der Waals surface area contributed by atoms with Crippen LogP contribution in [-0.4, -0.2) is 50.2 Å². The van der Waals surface area contributed by atoms with E-state index in [2.05, 4.69) is 15.6 Å². The molecular weight excluding hydrogens is 467 g/mol. The molecule has 0 fully saturated rings. The average Bonchev–Trinajstić information content (AvgIpc) is 3.11. The maximum absolute atomic E-state index is 13.1. The fourth-order valence-electron chi connectivity index (χ4n) is 2.87. The van der Waals surface area contributed by atoms with E-state index >= 15 is 0 Å². The van der Waals surface area contributed by atoms with Gasteiger partial charge in [0.2, 0.25) is 15.9 Å². The van der Waals surface area contributed by atoms with Gasteiger partial charge in [-0.3, -0.25) is 9.59 Å². The van der Waals surface area contributed by atoms with Crippen LogP contribution in [0.5, 0.6) is 0 Å². The van der Waals surface area contributed by atoms with Gasteiger partial charge in [-0.1, -0.05) is 18.2 Å². The highest BCUT2D eigenvalue weighted by Crippen LogP contribution is 2.25. The highest BCUT2D eigenvalue weighted by atomic mass is 32.2. The zero-order chi connectivity index (χ0) is 24.2. The molecule has 2 aromatic carbocycles. The minimum atomic E-state index is -3.68. The molecule has 2 amide bonds. The van der Waals surface area contributed by atoms with Gasteiger partial charge in [-0.15, -0.1) is 11.3 Å². The first-order valence-electron chi connectivity index (χ1n) is 9.87. The molecule has 0 aliphatic carbocycles. The summed E-state index contributed by atoms with van der Waals surface area (Å²) in [4.78, 5) is 29.9. The molecule has 1 aromatic heterocycles. The first-order valence-corrected chi connectivity index (χ1v) is 12.1. The SMILES string of the molecule is Cc1nc(NC(=O)CNC(=O)c2cccc(S(=O)(=O)N(C)C)c2)sc1Cc1ccc(F)cc1. The third-order valence-corrected chi connectivity index (χ3v) is 7.59. The van der Waals surface area contributed by atoms with Crippen LogP contribution in [0.1, 0.15) is 26.5 Å². The smallest absolute Gasteiger partial charge is 0.251 e. The van der Waals surface area contributed by atoms with Gasteiger partial charge in [0.15, 0.2) is 5.13 Å². The van der Waals surface area contributed by atoms with Crippen molar-refractivity contribution < 1.29 is 22.4 Å². The van der Waals surface area contributed by atoms with Crippen LogP contribution in [0.15, 0.2) is 53.4 Å². The lowest BCUT2D eigenvalue weighted by atomic mass is 10.1. The molecule has 3 aromatic rings. The number of aryl methyl sites for hydroxylation is 1. The maximum Gasteiger partial charge on any atom is 0.251 e. The number of sulfonamides is 1. The Morgan fingerprint density at radius 3 is 2.48 bits per heavy atom. The van der Waals surface area contributed by atoms with Crippen LogP contribution in [-0.2, 0) is 21.2 Å². The number of anilines is 1. The molecule has 33 heavy (non-hydrogen) atoms. The zero-order valence-corrected chi connectivity index (χ0v) is 19.9. The lowest BCUT2D eigenvalue weighted by Crippen LogP contribution is -2.33. The minimum Gasteiger partial charge on any atom is -0.343 e. The molecule has 0 radical (unpaired) electrons. The Bertz CT molecular complexity index is 1270. The fourth-order valence-corrected chi connectivity index (χ4v) is 4.83. The van der Waals surface area contributed by atoms with Crippen LogP contribution in [0.25, 0.3) is 0 Å². The quantitative estimate of drug-likeness (QED) is 0.505. The van der Waals surface area contributed by atoms with E-state index in [9.17, 15) is 22.4 Å². The van der Waals surface area contributed by atoms with Crippen molar-refractivity contribution >= 4 is 38.3 Å². The predicted molar refractivity (Wildman–Crippen MR) is 124 cm³/mol. The van der Waals surface area contributed by atoms with Gasteiger partial charge in [-0.25, -0.2) is 22.1 Å². The lowest BCUT2D eigenvalue weighted by molar-refractivity contribution is -0.115. The van der Waals surface area contributed by atoms with E-state index in [1.165, 1.54) is 61.8 Å². The second-order valence-corrected chi connectivity index (χ2v) is 10.6. The number of aromatic nitrogens is 1. The van der Waals surface area contributed by atoms with Crippen molar-refractivity contribution in [3.8, 4) is 0 Å². The monoisotopic (exact) mass is 490 g/mol. The van der Waals surface area contributed by atoms with Crippen molar-refractivity contribution in [3.63, 3.8) is 0 Å². The van der Waals surface area contributed by atoms with Gasteiger partial charge in [0.25, 0.3) is 5.91 Å². The Morgan fingerprint density at radius 1 is 1.12 bits per heavy atom. The number of benzene rings is 2. The lowest BCUT2D eigenvalue weighted by Gasteiger charge is -2.12. The molecule has 11 heteroatoms. The molecule has 0 atom stereocenters. The fraction of sp³-hybridized carbons (Fsp3) is 0.227. The molecule has 0 aliphatic heterocycles. The molecule has 0 saturated carbocycles. The van der Waals surface area contributed by atoms with Gasteiger partial charge in [0.05, 0.1) is 17.1 Å². The van der Waals surface area contributed by atoms with Crippen molar-refractivity contribution in [2.45, 2.75) is 18.2 Å². The molecule has 0 saturated heterocycles. The summed E-state index contributed by atoms with van der Waals surface area (Å²) in [7, 11) is -0.882. The van der Waals surface area contributed by atoms with E-state index < -0.39 is 21.8 Å². The largest absolute Gasteiger partial charge is 0.343 e. The summed E-state index contributed by atoms with van der Waals surface area (Å²) in [5.41, 5.74) is 1.80. The molecular formula is C22H23FN4O4S2. The van der Waals surface area contributed by atoms with Crippen LogP contribution in [0.4, 0.5) is 9.52 Å². The summed E-state index contributed by atoms with van der Waals surface area (Å²) in [5.74, 6) is -1.35. The Balaban J connectivity index is 1.59. The summed E-state index contributed by atoms with van der Waals surface area (Å²) in [5, 5.41) is 5.51. The van der Waals surface area contributed by atoms with Gasteiger partial charge in [0, 0.05) is 31.0 Å². The second kappa shape index (κ2) is 10.2. The number of carbonyl (C=O) groups excluding carboxylic acids is 2. The summed E-state index contributed by atoms with van der Waals surface area (Å²) in [6.07, 6.45) is 0.558. The van der Waals surface area contributed by atoms with Crippen LogP contribution in [0.3, 0.4) is 0 Å². The summed E-state index contributed by atoms with van der Waals surface area (Å²) in [6, 6.07) is 11.8. The van der Waals surface area contributed by atoms with Gasteiger partial charge in [-0.05, 0) is 42.8 Å². The van der Waals surface area contributed by atoms with Crippen LogP contribution in [0, 0.1) is 12.7 Å². The Morgan fingerprint density at radius 2 is 1.82 bits per heavy atom. The number of hydrogen-bond acceptors (Lipinski definition) is 6. The molecule has 0 unspecified atom stereocenters. The zero-order valence-electron chi connectivity index (χ0n) is 18.3. The highest BCUT2D eigenvalue weighted by Gasteiger charge is 2.19. The van der Waals surface area contributed by atoms with Crippen molar-refractivity contribution in [1.29, 1.82) is 0 Å². The maximum atomic E-state index is 13.1. The normalized spacial score (nSPS) is 11.4. The van der Waals surface area contributed by atoms with E-state index in [1.807, 2.05) is 6.92 Å². The molecule has 0 spiro atoms. The van der Waals surface area contributed by atoms with Crippen LogP contribution in [0.2, 0.25) is 0 Å². The van der Waals surface area contributed by atoms with Gasteiger partial charge >= 0.3 is 0 Å². The van der Waals surface area contributed by atoms with E-state index in [0.29, 0.717) is 11.6 Å². The van der Waals surface area contributed by atoms with Crippen molar-refractivity contribution in [2.75, 3.05) is 26.0 Å². The van der Waals surface area contributed by atoms with Gasteiger partial charge < -0.3 is 10.6 Å². The summed E-state index contributed by atoms with van der Waals surface area (Å²) >= 11 is 1.30. The van der Waals surface area contributed by atoms with Gasteiger partial charge in [-0.2, -0.15) is 0 Å². The first kappa shape index (κ1) is 24.5. The highest BCUT2D eigenvalue weighted by molar-refractivity contribution is 7.89. The Kier molecular flexibility index (Phi) is 7.57. The van der Waals surface area contributed by atoms with Crippen LogP contribution < -0.4 is 10.6 Å². The van der Waals surface area contributed by atoms with E-state index in [-0.39, 0.29) is 22.8 Å². The van der Waals surface area contributed by atoms with Crippen molar-refractivity contribution in [1.82, 2.24) is 14.6 Å². The number of hydrogen-bond donors (Lipinski definition) is 2. The number of thiazole rings is 1. The molecule has 0 bridgehead atoms.